The Morgan fingerprint density at radius 1 is 1.21 bits per heavy atom. The lowest BCUT2D eigenvalue weighted by Gasteiger charge is -2.02. The van der Waals surface area contributed by atoms with Crippen LogP contribution in [0.5, 0.6) is 0 Å². The van der Waals surface area contributed by atoms with E-state index in [1.54, 1.807) is 11.3 Å². The number of thiazole rings is 1. The summed E-state index contributed by atoms with van der Waals surface area (Å²) in [6.07, 6.45) is 2.86. The highest BCUT2D eigenvalue weighted by Gasteiger charge is 1.94. The molecule has 2 aromatic rings. The molecular formula is C11H12N2S. The van der Waals surface area contributed by atoms with Gasteiger partial charge in [0, 0.05) is 18.1 Å². The van der Waals surface area contributed by atoms with Crippen molar-refractivity contribution in [3.8, 4) is 0 Å². The van der Waals surface area contributed by atoms with E-state index in [0.717, 1.165) is 18.1 Å². The van der Waals surface area contributed by atoms with E-state index in [1.807, 2.05) is 17.6 Å². The topological polar surface area (TPSA) is 24.9 Å². The average molecular weight is 204 g/mol. The van der Waals surface area contributed by atoms with Gasteiger partial charge in [-0.05, 0) is 12.0 Å². The molecule has 1 heterocycles. The van der Waals surface area contributed by atoms with Gasteiger partial charge in [-0.1, -0.05) is 30.3 Å². The highest BCUT2D eigenvalue weighted by atomic mass is 32.1. The first-order valence-corrected chi connectivity index (χ1v) is 5.50. The van der Waals surface area contributed by atoms with Gasteiger partial charge in [-0.2, -0.15) is 0 Å². The Balaban J connectivity index is 1.79. The normalized spacial score (nSPS) is 10.0. The molecule has 72 valence electrons. The smallest absolute Gasteiger partial charge is 0.182 e. The Labute approximate surface area is 87.6 Å². The summed E-state index contributed by atoms with van der Waals surface area (Å²) in [4.78, 5) is 4.15. The molecule has 0 unspecified atom stereocenters. The van der Waals surface area contributed by atoms with Crippen LogP contribution in [0.25, 0.3) is 0 Å². The Hall–Kier alpha value is -1.35. The largest absolute Gasteiger partial charge is 0.361 e. The Kier molecular flexibility index (Phi) is 3.14. The molecule has 2 rings (SSSR count). The summed E-state index contributed by atoms with van der Waals surface area (Å²) in [5.74, 6) is 0. The van der Waals surface area contributed by atoms with Gasteiger partial charge in [0.2, 0.25) is 0 Å². The van der Waals surface area contributed by atoms with Crippen molar-refractivity contribution in [3.05, 3.63) is 47.5 Å². The van der Waals surface area contributed by atoms with Crippen LogP contribution in [0.3, 0.4) is 0 Å². The number of anilines is 1. The average Bonchev–Trinajstić information content (AvgIpc) is 2.72. The fourth-order valence-corrected chi connectivity index (χ4v) is 1.83. The number of benzene rings is 1. The van der Waals surface area contributed by atoms with Crippen LogP contribution in [-0.4, -0.2) is 11.5 Å². The van der Waals surface area contributed by atoms with Gasteiger partial charge >= 0.3 is 0 Å². The van der Waals surface area contributed by atoms with Crippen molar-refractivity contribution in [2.45, 2.75) is 6.42 Å². The van der Waals surface area contributed by atoms with Gasteiger partial charge in [0.1, 0.15) is 0 Å². The molecule has 0 spiro atoms. The molecule has 0 fully saturated rings. The van der Waals surface area contributed by atoms with Crippen molar-refractivity contribution in [3.63, 3.8) is 0 Å². The minimum Gasteiger partial charge on any atom is -0.361 e. The van der Waals surface area contributed by atoms with Crippen molar-refractivity contribution in [2.75, 3.05) is 11.9 Å². The monoisotopic (exact) mass is 204 g/mol. The molecule has 0 atom stereocenters. The van der Waals surface area contributed by atoms with E-state index < -0.39 is 0 Å². The summed E-state index contributed by atoms with van der Waals surface area (Å²) in [6.45, 7) is 0.942. The van der Waals surface area contributed by atoms with Crippen LogP contribution in [0, 0.1) is 0 Å². The van der Waals surface area contributed by atoms with Crippen molar-refractivity contribution in [1.82, 2.24) is 4.98 Å². The molecule has 0 aliphatic heterocycles. The van der Waals surface area contributed by atoms with Gasteiger partial charge < -0.3 is 5.32 Å². The van der Waals surface area contributed by atoms with Gasteiger partial charge in [-0.15, -0.1) is 11.3 Å². The van der Waals surface area contributed by atoms with E-state index in [-0.39, 0.29) is 0 Å². The number of nitrogens with one attached hydrogen (secondary N) is 1. The number of hydrogen-bond acceptors (Lipinski definition) is 3. The second-order valence-electron chi connectivity index (χ2n) is 3.00. The third kappa shape index (κ3) is 2.57. The standard InChI is InChI=1S/C11H12N2S/c1-2-4-10(5-3-1)6-7-12-11-13-8-9-14-11/h1-5,8-9H,6-7H2,(H,12,13). The first-order chi connectivity index (χ1) is 6.95. The molecule has 2 nitrogen and oxygen atoms in total. The summed E-state index contributed by atoms with van der Waals surface area (Å²) in [5.41, 5.74) is 1.36. The maximum absolute atomic E-state index is 4.15. The van der Waals surface area contributed by atoms with Crippen LogP contribution < -0.4 is 5.32 Å². The second-order valence-corrected chi connectivity index (χ2v) is 3.89. The quantitative estimate of drug-likeness (QED) is 0.828. The SMILES string of the molecule is c1ccc(CCNc2nccs2)cc1. The predicted octanol–water partition coefficient (Wildman–Crippen LogP) is 2.80. The van der Waals surface area contributed by atoms with Crippen molar-refractivity contribution >= 4 is 16.5 Å². The molecule has 0 radical (unpaired) electrons. The number of nitrogens with zero attached hydrogens (tertiary/aromatic N) is 1. The summed E-state index contributed by atoms with van der Waals surface area (Å²) in [5, 5.41) is 6.26. The van der Waals surface area contributed by atoms with Crippen molar-refractivity contribution in [2.24, 2.45) is 0 Å². The zero-order chi connectivity index (χ0) is 9.64. The van der Waals surface area contributed by atoms with E-state index in [2.05, 4.69) is 34.6 Å². The van der Waals surface area contributed by atoms with Crippen LogP contribution in [-0.2, 0) is 6.42 Å². The van der Waals surface area contributed by atoms with Gasteiger partial charge in [-0.25, -0.2) is 4.98 Å². The van der Waals surface area contributed by atoms with Crippen molar-refractivity contribution in [1.29, 1.82) is 0 Å². The lowest BCUT2D eigenvalue weighted by atomic mass is 10.2. The zero-order valence-corrected chi connectivity index (χ0v) is 8.63. The fraction of sp³-hybridized carbons (Fsp3) is 0.182. The van der Waals surface area contributed by atoms with Crippen LogP contribution >= 0.6 is 11.3 Å². The minimum atomic E-state index is 0.942. The van der Waals surface area contributed by atoms with Crippen LogP contribution in [0.2, 0.25) is 0 Å². The second kappa shape index (κ2) is 4.77. The molecular weight excluding hydrogens is 192 g/mol. The molecule has 0 aliphatic carbocycles. The molecule has 3 heteroatoms. The van der Waals surface area contributed by atoms with Gasteiger partial charge in [0.05, 0.1) is 0 Å². The lowest BCUT2D eigenvalue weighted by molar-refractivity contribution is 1.02. The lowest BCUT2D eigenvalue weighted by Crippen LogP contribution is -2.03. The van der Waals surface area contributed by atoms with E-state index >= 15 is 0 Å². The van der Waals surface area contributed by atoms with E-state index in [4.69, 9.17) is 0 Å². The highest BCUT2D eigenvalue weighted by Crippen LogP contribution is 2.10. The molecule has 1 aromatic heterocycles. The number of rotatable bonds is 4. The number of hydrogen-bond donors (Lipinski definition) is 1. The van der Waals surface area contributed by atoms with Crippen LogP contribution in [0.15, 0.2) is 41.9 Å². The molecule has 1 N–H and O–H groups in total. The molecule has 0 aliphatic rings. The van der Waals surface area contributed by atoms with Gasteiger partial charge in [-0.3, -0.25) is 0 Å². The van der Waals surface area contributed by atoms with Gasteiger partial charge in [0.25, 0.3) is 0 Å². The van der Waals surface area contributed by atoms with E-state index in [1.165, 1.54) is 5.56 Å². The Morgan fingerprint density at radius 3 is 2.79 bits per heavy atom. The zero-order valence-electron chi connectivity index (χ0n) is 7.81. The third-order valence-electron chi connectivity index (χ3n) is 1.97. The first kappa shape index (κ1) is 9.21. The fourth-order valence-electron chi connectivity index (χ4n) is 1.27. The summed E-state index contributed by atoms with van der Waals surface area (Å²) in [7, 11) is 0. The predicted molar refractivity (Wildman–Crippen MR) is 60.7 cm³/mol. The maximum atomic E-state index is 4.15. The number of aromatic nitrogens is 1. The van der Waals surface area contributed by atoms with Crippen LogP contribution in [0.1, 0.15) is 5.56 Å². The van der Waals surface area contributed by atoms with Crippen molar-refractivity contribution < 1.29 is 0 Å². The van der Waals surface area contributed by atoms with Gasteiger partial charge in [0.15, 0.2) is 5.13 Å². The molecule has 0 amide bonds. The molecule has 14 heavy (non-hydrogen) atoms. The molecule has 1 aromatic carbocycles. The Bertz CT molecular complexity index is 356. The van der Waals surface area contributed by atoms with E-state index in [9.17, 15) is 0 Å². The Morgan fingerprint density at radius 2 is 2.07 bits per heavy atom. The summed E-state index contributed by atoms with van der Waals surface area (Å²) >= 11 is 1.64. The van der Waals surface area contributed by atoms with Crippen LogP contribution in [0.4, 0.5) is 5.13 Å². The summed E-state index contributed by atoms with van der Waals surface area (Å²) in [6, 6.07) is 10.5. The third-order valence-corrected chi connectivity index (χ3v) is 2.70. The molecule has 0 saturated heterocycles. The first-order valence-electron chi connectivity index (χ1n) is 4.62. The molecule has 0 bridgehead atoms. The minimum absolute atomic E-state index is 0.942. The van der Waals surface area contributed by atoms with E-state index in [0.29, 0.717) is 0 Å². The highest BCUT2D eigenvalue weighted by molar-refractivity contribution is 7.13. The summed E-state index contributed by atoms with van der Waals surface area (Å²) < 4.78 is 0. The molecule has 0 saturated carbocycles. The maximum Gasteiger partial charge on any atom is 0.182 e.